The van der Waals surface area contributed by atoms with Gasteiger partial charge in [0.25, 0.3) is 5.91 Å². The molecule has 160 valence electrons. The van der Waals surface area contributed by atoms with Crippen molar-refractivity contribution in [3.8, 4) is 11.5 Å². The van der Waals surface area contributed by atoms with Crippen LogP contribution in [0, 0.1) is 0 Å². The lowest BCUT2D eigenvalue weighted by molar-refractivity contribution is 0.0951. The van der Waals surface area contributed by atoms with E-state index in [0.717, 1.165) is 24.2 Å². The minimum Gasteiger partial charge on any atom is -0.457 e. The number of para-hydroxylation sites is 1. The van der Waals surface area contributed by atoms with Crippen molar-refractivity contribution in [2.75, 3.05) is 13.1 Å². The van der Waals surface area contributed by atoms with Crippen LogP contribution in [0.2, 0.25) is 0 Å². The summed E-state index contributed by atoms with van der Waals surface area (Å²) in [6.07, 6.45) is 1.81. The molecule has 0 atom stereocenters. The Bertz CT molecular complexity index is 1120. The Morgan fingerprint density at radius 1 is 0.839 bits per heavy atom. The number of sulfonamides is 1. The first-order chi connectivity index (χ1) is 15.0. The van der Waals surface area contributed by atoms with E-state index in [1.165, 1.54) is 4.31 Å². The number of carbonyl (C=O) groups excluding carboxylic acids is 1. The van der Waals surface area contributed by atoms with Crippen molar-refractivity contribution in [2.24, 2.45) is 0 Å². The molecule has 31 heavy (non-hydrogen) atoms. The van der Waals surface area contributed by atoms with Gasteiger partial charge in [-0.3, -0.25) is 4.79 Å². The van der Waals surface area contributed by atoms with Gasteiger partial charge in [-0.15, -0.1) is 0 Å². The van der Waals surface area contributed by atoms with Gasteiger partial charge in [-0.05, 0) is 66.9 Å². The first kappa shape index (κ1) is 21.1. The van der Waals surface area contributed by atoms with Crippen LogP contribution in [-0.4, -0.2) is 31.7 Å². The third-order valence-corrected chi connectivity index (χ3v) is 7.09. The second kappa shape index (κ2) is 9.32. The summed E-state index contributed by atoms with van der Waals surface area (Å²) in [4.78, 5) is 12.7. The van der Waals surface area contributed by atoms with Crippen LogP contribution >= 0.6 is 0 Å². The van der Waals surface area contributed by atoms with Crippen molar-refractivity contribution in [1.29, 1.82) is 0 Å². The molecule has 0 unspecified atom stereocenters. The average Bonchev–Trinajstić information content (AvgIpc) is 3.35. The van der Waals surface area contributed by atoms with Gasteiger partial charge in [0.1, 0.15) is 11.5 Å². The van der Waals surface area contributed by atoms with Crippen molar-refractivity contribution in [3.63, 3.8) is 0 Å². The molecule has 0 spiro atoms. The fourth-order valence-electron chi connectivity index (χ4n) is 3.44. The second-order valence-corrected chi connectivity index (χ2v) is 9.32. The zero-order valence-electron chi connectivity index (χ0n) is 17.0. The maximum absolute atomic E-state index is 12.6. The van der Waals surface area contributed by atoms with Gasteiger partial charge in [-0.25, -0.2) is 8.42 Å². The lowest BCUT2D eigenvalue weighted by Gasteiger charge is -2.15. The number of amides is 1. The highest BCUT2D eigenvalue weighted by Gasteiger charge is 2.26. The van der Waals surface area contributed by atoms with Gasteiger partial charge in [0.15, 0.2) is 0 Å². The molecular formula is C24H24N2O4S. The predicted molar refractivity (Wildman–Crippen MR) is 119 cm³/mol. The van der Waals surface area contributed by atoms with Crippen LogP contribution in [0.1, 0.15) is 28.8 Å². The average molecular weight is 437 g/mol. The molecule has 0 aliphatic carbocycles. The van der Waals surface area contributed by atoms with Crippen molar-refractivity contribution < 1.29 is 17.9 Å². The number of carbonyl (C=O) groups is 1. The van der Waals surface area contributed by atoms with E-state index in [1.807, 2.05) is 30.3 Å². The van der Waals surface area contributed by atoms with Crippen LogP contribution < -0.4 is 10.1 Å². The Balaban J connectivity index is 1.33. The summed E-state index contributed by atoms with van der Waals surface area (Å²) >= 11 is 0. The Kier molecular flexibility index (Phi) is 6.34. The summed E-state index contributed by atoms with van der Waals surface area (Å²) in [6, 6.07) is 23.0. The third-order valence-electron chi connectivity index (χ3n) is 5.17. The summed E-state index contributed by atoms with van der Waals surface area (Å²) < 4.78 is 32.4. The Labute approximate surface area is 182 Å². The molecular weight excluding hydrogens is 412 g/mol. The molecule has 3 aromatic carbocycles. The highest BCUT2D eigenvalue weighted by Crippen LogP contribution is 2.22. The molecule has 6 nitrogen and oxygen atoms in total. The first-order valence-corrected chi connectivity index (χ1v) is 11.7. The monoisotopic (exact) mass is 436 g/mol. The molecule has 0 radical (unpaired) electrons. The summed E-state index contributed by atoms with van der Waals surface area (Å²) in [6.45, 7) is 1.47. The maximum atomic E-state index is 12.6. The van der Waals surface area contributed by atoms with Crippen LogP contribution in [0.5, 0.6) is 11.5 Å². The fourth-order valence-corrected chi connectivity index (χ4v) is 4.96. The molecule has 3 aromatic rings. The second-order valence-electron chi connectivity index (χ2n) is 7.38. The van der Waals surface area contributed by atoms with E-state index >= 15 is 0 Å². The van der Waals surface area contributed by atoms with Gasteiger partial charge in [0.2, 0.25) is 10.0 Å². The molecule has 1 aliphatic heterocycles. The number of benzene rings is 3. The molecule has 1 fully saturated rings. The third kappa shape index (κ3) is 5.13. The molecule has 1 N–H and O–H groups in total. The summed E-state index contributed by atoms with van der Waals surface area (Å²) in [5.41, 5.74) is 1.35. The fraction of sp³-hybridized carbons (Fsp3) is 0.208. The van der Waals surface area contributed by atoms with E-state index in [-0.39, 0.29) is 5.91 Å². The van der Waals surface area contributed by atoms with Gasteiger partial charge >= 0.3 is 0 Å². The van der Waals surface area contributed by atoms with E-state index in [1.54, 1.807) is 48.5 Å². The van der Waals surface area contributed by atoms with Gasteiger partial charge in [-0.2, -0.15) is 4.31 Å². The zero-order valence-corrected chi connectivity index (χ0v) is 17.8. The minimum atomic E-state index is -3.42. The Hall–Kier alpha value is -3.16. The largest absolute Gasteiger partial charge is 0.457 e. The standard InChI is InChI=1S/C24H24N2O4S/c27-24(20-10-12-22(13-11-20)30-21-6-2-1-3-7-21)25-18-19-8-14-23(15-9-19)31(28,29)26-16-4-5-17-26/h1-3,6-15H,4-5,16-18H2,(H,25,27). The lowest BCUT2D eigenvalue weighted by Crippen LogP contribution is -2.28. The normalized spacial score (nSPS) is 14.3. The number of nitrogens with one attached hydrogen (secondary N) is 1. The summed E-state index contributed by atoms with van der Waals surface area (Å²) in [5.74, 6) is 1.17. The molecule has 1 amide bonds. The lowest BCUT2D eigenvalue weighted by atomic mass is 10.2. The van der Waals surface area contributed by atoms with E-state index in [0.29, 0.717) is 35.8 Å². The quantitative estimate of drug-likeness (QED) is 0.603. The van der Waals surface area contributed by atoms with E-state index in [2.05, 4.69) is 5.32 Å². The zero-order chi connectivity index (χ0) is 21.7. The first-order valence-electron chi connectivity index (χ1n) is 10.2. The van der Waals surface area contributed by atoms with Crippen molar-refractivity contribution in [2.45, 2.75) is 24.3 Å². The summed E-state index contributed by atoms with van der Waals surface area (Å²) in [7, 11) is -3.42. The molecule has 1 saturated heterocycles. The molecule has 0 bridgehead atoms. The molecule has 1 aliphatic rings. The van der Waals surface area contributed by atoms with E-state index in [4.69, 9.17) is 4.74 Å². The van der Waals surface area contributed by atoms with Crippen LogP contribution in [0.25, 0.3) is 0 Å². The maximum Gasteiger partial charge on any atom is 0.251 e. The van der Waals surface area contributed by atoms with E-state index < -0.39 is 10.0 Å². The Morgan fingerprint density at radius 2 is 1.45 bits per heavy atom. The van der Waals surface area contributed by atoms with Crippen molar-refractivity contribution in [3.05, 3.63) is 90.0 Å². The molecule has 0 saturated carbocycles. The smallest absolute Gasteiger partial charge is 0.251 e. The topological polar surface area (TPSA) is 75.7 Å². The number of hydrogen-bond acceptors (Lipinski definition) is 4. The van der Waals surface area contributed by atoms with Gasteiger partial charge in [0.05, 0.1) is 4.90 Å². The summed E-state index contributed by atoms with van der Waals surface area (Å²) in [5, 5.41) is 2.86. The van der Waals surface area contributed by atoms with Crippen LogP contribution in [-0.2, 0) is 16.6 Å². The number of nitrogens with zero attached hydrogens (tertiary/aromatic N) is 1. The predicted octanol–water partition coefficient (Wildman–Crippen LogP) is 4.19. The molecule has 0 aromatic heterocycles. The highest BCUT2D eigenvalue weighted by molar-refractivity contribution is 7.89. The highest BCUT2D eigenvalue weighted by atomic mass is 32.2. The number of ether oxygens (including phenoxy) is 1. The van der Waals surface area contributed by atoms with Gasteiger partial charge < -0.3 is 10.1 Å². The van der Waals surface area contributed by atoms with Crippen LogP contribution in [0.3, 0.4) is 0 Å². The van der Waals surface area contributed by atoms with Crippen LogP contribution in [0.4, 0.5) is 0 Å². The van der Waals surface area contributed by atoms with E-state index in [9.17, 15) is 13.2 Å². The number of rotatable bonds is 7. The Morgan fingerprint density at radius 3 is 2.10 bits per heavy atom. The van der Waals surface area contributed by atoms with Crippen molar-refractivity contribution >= 4 is 15.9 Å². The molecule has 1 heterocycles. The number of hydrogen-bond donors (Lipinski definition) is 1. The van der Waals surface area contributed by atoms with Crippen molar-refractivity contribution in [1.82, 2.24) is 9.62 Å². The van der Waals surface area contributed by atoms with Gasteiger partial charge in [0, 0.05) is 25.2 Å². The molecule has 7 heteroatoms. The van der Waals surface area contributed by atoms with Crippen LogP contribution in [0.15, 0.2) is 83.8 Å². The SMILES string of the molecule is O=C(NCc1ccc(S(=O)(=O)N2CCCC2)cc1)c1ccc(Oc2ccccc2)cc1. The minimum absolute atomic E-state index is 0.208. The molecule has 4 rings (SSSR count). The van der Waals surface area contributed by atoms with Gasteiger partial charge in [-0.1, -0.05) is 30.3 Å².